The number of sulfonamides is 1. The molecule has 0 spiro atoms. The first-order valence-corrected chi connectivity index (χ1v) is 10.7. The van der Waals surface area contributed by atoms with Gasteiger partial charge in [0.15, 0.2) is 6.61 Å². The van der Waals surface area contributed by atoms with E-state index in [4.69, 9.17) is 9.47 Å². The van der Waals surface area contributed by atoms with Gasteiger partial charge in [-0.25, -0.2) is 13.2 Å². The van der Waals surface area contributed by atoms with E-state index in [1.807, 2.05) is 0 Å². The first-order chi connectivity index (χ1) is 13.8. The van der Waals surface area contributed by atoms with E-state index in [-0.39, 0.29) is 18.0 Å². The van der Waals surface area contributed by atoms with E-state index < -0.39 is 40.5 Å². The van der Waals surface area contributed by atoms with Crippen LogP contribution in [0.15, 0.2) is 29.2 Å². The van der Waals surface area contributed by atoms with Crippen molar-refractivity contribution in [2.24, 2.45) is 5.92 Å². The van der Waals surface area contributed by atoms with Crippen LogP contribution in [-0.2, 0) is 24.3 Å². The number of nitrogens with zero attached hydrogens (tertiary/aromatic N) is 2. The lowest BCUT2D eigenvalue weighted by molar-refractivity contribution is -0.155. The van der Waals surface area contributed by atoms with Gasteiger partial charge in [-0.15, -0.1) is 0 Å². The molecule has 1 atom stereocenters. The van der Waals surface area contributed by atoms with Crippen LogP contribution >= 0.6 is 0 Å². The first kappa shape index (κ1) is 21.1. The Balaban J connectivity index is 1.59. The molecule has 158 valence electrons. The average molecular weight is 425 g/mol. The standard InChI is InChI=1S/C18H23N3O7S/c1-27-14-4-6-15(7-5-14)29(25,26)20-9-2-3-13(11-20)17(23)28-12-16(22)21-10-8-19-18(21)24/h4-7,13H,2-3,8-12H2,1H3,(H,19,24). The molecule has 2 heterocycles. The van der Waals surface area contributed by atoms with Crippen molar-refractivity contribution >= 4 is 27.9 Å². The van der Waals surface area contributed by atoms with Crippen molar-refractivity contribution in [3.8, 4) is 5.75 Å². The number of imide groups is 1. The quantitative estimate of drug-likeness (QED) is 0.646. The summed E-state index contributed by atoms with van der Waals surface area (Å²) < 4.78 is 37.1. The zero-order chi connectivity index (χ0) is 21.0. The average Bonchev–Trinajstić information content (AvgIpc) is 3.17. The van der Waals surface area contributed by atoms with E-state index in [9.17, 15) is 22.8 Å². The normalized spacial score (nSPS) is 20.2. The molecule has 0 aromatic heterocycles. The highest BCUT2D eigenvalue weighted by Gasteiger charge is 2.35. The van der Waals surface area contributed by atoms with Gasteiger partial charge in [-0.05, 0) is 37.1 Å². The van der Waals surface area contributed by atoms with E-state index in [1.165, 1.54) is 23.5 Å². The van der Waals surface area contributed by atoms with E-state index in [1.54, 1.807) is 12.1 Å². The van der Waals surface area contributed by atoms with Gasteiger partial charge in [0.2, 0.25) is 10.0 Å². The van der Waals surface area contributed by atoms with E-state index in [2.05, 4.69) is 5.32 Å². The van der Waals surface area contributed by atoms with Crippen molar-refractivity contribution in [3.05, 3.63) is 24.3 Å². The Bertz CT molecular complexity index is 885. The Labute approximate surface area is 168 Å². The van der Waals surface area contributed by atoms with Crippen LogP contribution in [0.4, 0.5) is 4.79 Å². The summed E-state index contributed by atoms with van der Waals surface area (Å²) in [5.41, 5.74) is 0. The number of nitrogens with one attached hydrogen (secondary N) is 1. The second kappa shape index (κ2) is 8.78. The molecule has 1 aromatic carbocycles. The molecule has 0 aliphatic carbocycles. The highest BCUT2D eigenvalue weighted by atomic mass is 32.2. The van der Waals surface area contributed by atoms with Gasteiger partial charge in [-0.2, -0.15) is 4.31 Å². The van der Waals surface area contributed by atoms with Crippen LogP contribution in [0.2, 0.25) is 0 Å². The molecule has 2 saturated heterocycles. The summed E-state index contributed by atoms with van der Waals surface area (Å²) in [6, 6.07) is 5.51. The van der Waals surface area contributed by atoms with Gasteiger partial charge in [0.25, 0.3) is 5.91 Å². The maximum atomic E-state index is 12.9. The minimum atomic E-state index is -3.76. The number of hydrogen-bond acceptors (Lipinski definition) is 7. The Morgan fingerprint density at radius 3 is 2.55 bits per heavy atom. The monoisotopic (exact) mass is 425 g/mol. The molecule has 0 radical (unpaired) electrons. The summed E-state index contributed by atoms with van der Waals surface area (Å²) in [6.07, 6.45) is 0.962. The lowest BCUT2D eigenvalue weighted by atomic mass is 10.00. The van der Waals surface area contributed by atoms with Crippen molar-refractivity contribution < 1.29 is 32.3 Å². The molecule has 29 heavy (non-hydrogen) atoms. The van der Waals surface area contributed by atoms with Crippen LogP contribution in [0.25, 0.3) is 0 Å². The summed E-state index contributed by atoms with van der Waals surface area (Å²) in [6.45, 7) is 0.316. The number of urea groups is 1. The molecule has 2 aliphatic rings. The number of benzene rings is 1. The highest BCUT2D eigenvalue weighted by molar-refractivity contribution is 7.89. The fraction of sp³-hybridized carbons (Fsp3) is 0.500. The number of piperidine rings is 1. The predicted octanol–water partition coefficient (Wildman–Crippen LogP) is 0.191. The smallest absolute Gasteiger partial charge is 0.324 e. The molecule has 2 aliphatic heterocycles. The van der Waals surface area contributed by atoms with Crippen LogP contribution in [0.5, 0.6) is 5.75 Å². The highest BCUT2D eigenvalue weighted by Crippen LogP contribution is 2.25. The summed E-state index contributed by atoms with van der Waals surface area (Å²) in [5.74, 6) is -1.38. The number of rotatable bonds is 6. The molecule has 0 bridgehead atoms. The summed E-state index contributed by atoms with van der Waals surface area (Å²) in [4.78, 5) is 36.9. The number of carbonyl (C=O) groups is 3. The molecule has 3 amide bonds. The van der Waals surface area contributed by atoms with Crippen molar-refractivity contribution in [2.75, 3.05) is 39.9 Å². The van der Waals surface area contributed by atoms with Gasteiger partial charge in [-0.3, -0.25) is 14.5 Å². The van der Waals surface area contributed by atoms with Gasteiger partial charge in [0, 0.05) is 26.2 Å². The van der Waals surface area contributed by atoms with Gasteiger partial charge >= 0.3 is 12.0 Å². The summed E-state index contributed by atoms with van der Waals surface area (Å²) in [5, 5.41) is 2.49. The van der Waals surface area contributed by atoms with Crippen LogP contribution < -0.4 is 10.1 Å². The summed E-state index contributed by atoms with van der Waals surface area (Å²) >= 11 is 0. The molecule has 10 nitrogen and oxygen atoms in total. The fourth-order valence-electron chi connectivity index (χ4n) is 3.29. The Morgan fingerprint density at radius 1 is 1.21 bits per heavy atom. The zero-order valence-electron chi connectivity index (χ0n) is 16.0. The van der Waals surface area contributed by atoms with Crippen LogP contribution in [0, 0.1) is 5.92 Å². The van der Waals surface area contributed by atoms with Crippen molar-refractivity contribution in [3.63, 3.8) is 0 Å². The van der Waals surface area contributed by atoms with Crippen molar-refractivity contribution in [1.29, 1.82) is 0 Å². The van der Waals surface area contributed by atoms with Gasteiger partial charge < -0.3 is 14.8 Å². The van der Waals surface area contributed by atoms with Crippen LogP contribution in [-0.4, -0.2) is 75.4 Å². The van der Waals surface area contributed by atoms with Crippen LogP contribution in [0.3, 0.4) is 0 Å². The lowest BCUT2D eigenvalue weighted by Gasteiger charge is -2.30. The number of esters is 1. The Kier molecular flexibility index (Phi) is 6.38. The molecule has 1 aromatic rings. The Hall–Kier alpha value is -2.66. The minimum Gasteiger partial charge on any atom is -0.497 e. The largest absolute Gasteiger partial charge is 0.497 e. The summed E-state index contributed by atoms with van der Waals surface area (Å²) in [7, 11) is -2.27. The topological polar surface area (TPSA) is 122 Å². The first-order valence-electron chi connectivity index (χ1n) is 9.22. The maximum absolute atomic E-state index is 12.9. The third kappa shape index (κ3) is 4.67. The van der Waals surface area contributed by atoms with E-state index in [0.717, 1.165) is 4.90 Å². The van der Waals surface area contributed by atoms with Gasteiger partial charge in [0.05, 0.1) is 17.9 Å². The molecule has 11 heteroatoms. The third-order valence-electron chi connectivity index (χ3n) is 4.91. The SMILES string of the molecule is COc1ccc(S(=O)(=O)N2CCCC(C(=O)OCC(=O)N3CCNC3=O)C2)cc1. The van der Waals surface area contributed by atoms with Crippen LogP contribution in [0.1, 0.15) is 12.8 Å². The van der Waals surface area contributed by atoms with Crippen molar-refractivity contribution in [1.82, 2.24) is 14.5 Å². The molecular formula is C18H23N3O7S. The van der Waals surface area contributed by atoms with Gasteiger partial charge in [0.1, 0.15) is 5.75 Å². The second-order valence-electron chi connectivity index (χ2n) is 6.76. The molecular weight excluding hydrogens is 402 g/mol. The third-order valence-corrected chi connectivity index (χ3v) is 6.79. The van der Waals surface area contributed by atoms with Crippen molar-refractivity contribution in [2.45, 2.75) is 17.7 Å². The molecule has 3 rings (SSSR count). The molecule has 1 unspecified atom stereocenters. The maximum Gasteiger partial charge on any atom is 0.324 e. The molecule has 1 N–H and O–H groups in total. The van der Waals surface area contributed by atoms with Gasteiger partial charge in [-0.1, -0.05) is 0 Å². The predicted molar refractivity (Wildman–Crippen MR) is 101 cm³/mol. The second-order valence-corrected chi connectivity index (χ2v) is 8.70. The van der Waals surface area contributed by atoms with E-state index >= 15 is 0 Å². The van der Waals surface area contributed by atoms with E-state index in [0.29, 0.717) is 31.7 Å². The lowest BCUT2D eigenvalue weighted by Crippen LogP contribution is -2.43. The number of hydrogen-bond donors (Lipinski definition) is 1. The number of ether oxygens (including phenoxy) is 2. The Morgan fingerprint density at radius 2 is 1.93 bits per heavy atom. The molecule has 2 fully saturated rings. The minimum absolute atomic E-state index is 0.0222. The number of carbonyl (C=O) groups excluding carboxylic acids is 3. The number of methoxy groups -OCH3 is 1. The number of amides is 3. The molecule has 0 saturated carbocycles. The fourth-order valence-corrected chi connectivity index (χ4v) is 4.81. The zero-order valence-corrected chi connectivity index (χ0v) is 16.8.